The van der Waals surface area contributed by atoms with Crippen LogP contribution in [-0.2, 0) is 6.18 Å². The molecule has 0 unspecified atom stereocenters. The number of amides is 2. The van der Waals surface area contributed by atoms with Crippen molar-refractivity contribution in [3.8, 4) is 0 Å². The largest absolute Gasteiger partial charge is 0.418 e. The summed E-state index contributed by atoms with van der Waals surface area (Å²) in [7, 11) is 0. The lowest BCUT2D eigenvalue weighted by atomic mass is 10.1. The lowest BCUT2D eigenvalue weighted by molar-refractivity contribution is -0.136. The van der Waals surface area contributed by atoms with Gasteiger partial charge in [0.2, 0.25) is 0 Å². The first-order valence-corrected chi connectivity index (χ1v) is 5.96. The van der Waals surface area contributed by atoms with Gasteiger partial charge in [-0.3, -0.25) is 0 Å². The predicted octanol–water partition coefficient (Wildman–Crippen LogP) is 4.63. The molecule has 22 heavy (non-hydrogen) atoms. The molecular weight excluding hydrogens is 307 g/mol. The molecular formula is C14H9F5N2O. The van der Waals surface area contributed by atoms with Crippen molar-refractivity contribution in [2.24, 2.45) is 0 Å². The van der Waals surface area contributed by atoms with Gasteiger partial charge in [-0.05, 0) is 24.3 Å². The van der Waals surface area contributed by atoms with Crippen molar-refractivity contribution < 1.29 is 26.7 Å². The van der Waals surface area contributed by atoms with Gasteiger partial charge in [0.1, 0.15) is 11.6 Å². The zero-order valence-electron chi connectivity index (χ0n) is 10.8. The highest BCUT2D eigenvalue weighted by Crippen LogP contribution is 2.34. The van der Waals surface area contributed by atoms with Crippen LogP contribution in [0.2, 0.25) is 0 Å². The van der Waals surface area contributed by atoms with E-state index in [1.807, 2.05) is 10.6 Å². The average Bonchev–Trinajstić information content (AvgIpc) is 2.42. The van der Waals surface area contributed by atoms with Gasteiger partial charge in [0, 0.05) is 6.07 Å². The van der Waals surface area contributed by atoms with E-state index in [4.69, 9.17) is 0 Å². The molecule has 0 aliphatic carbocycles. The maximum atomic E-state index is 13.3. The van der Waals surface area contributed by atoms with Gasteiger partial charge in [-0.25, -0.2) is 13.6 Å². The first-order chi connectivity index (χ1) is 10.3. The molecule has 0 atom stereocenters. The molecule has 2 aromatic carbocycles. The number of hydrogen-bond acceptors (Lipinski definition) is 1. The zero-order valence-corrected chi connectivity index (χ0v) is 10.8. The van der Waals surface area contributed by atoms with E-state index >= 15 is 0 Å². The number of para-hydroxylation sites is 1. The van der Waals surface area contributed by atoms with Crippen LogP contribution in [0.3, 0.4) is 0 Å². The summed E-state index contributed by atoms with van der Waals surface area (Å²) in [5.74, 6) is -1.71. The number of benzene rings is 2. The van der Waals surface area contributed by atoms with E-state index < -0.39 is 40.8 Å². The molecule has 0 saturated heterocycles. The van der Waals surface area contributed by atoms with Gasteiger partial charge in [0.05, 0.1) is 16.9 Å². The fourth-order valence-electron chi connectivity index (χ4n) is 1.71. The van der Waals surface area contributed by atoms with Gasteiger partial charge in [0.15, 0.2) is 0 Å². The van der Waals surface area contributed by atoms with Crippen LogP contribution in [0.25, 0.3) is 0 Å². The van der Waals surface area contributed by atoms with E-state index in [1.165, 1.54) is 6.07 Å². The Kier molecular flexibility index (Phi) is 4.30. The van der Waals surface area contributed by atoms with Crippen LogP contribution in [0.1, 0.15) is 5.56 Å². The molecule has 8 heteroatoms. The fourth-order valence-corrected chi connectivity index (χ4v) is 1.71. The molecule has 2 amide bonds. The van der Waals surface area contributed by atoms with Gasteiger partial charge in [-0.15, -0.1) is 0 Å². The van der Waals surface area contributed by atoms with Crippen LogP contribution in [0, 0.1) is 11.6 Å². The Morgan fingerprint density at radius 1 is 0.909 bits per heavy atom. The lowest BCUT2D eigenvalue weighted by Crippen LogP contribution is -2.22. The van der Waals surface area contributed by atoms with Gasteiger partial charge < -0.3 is 10.6 Å². The first-order valence-electron chi connectivity index (χ1n) is 5.96. The molecule has 0 aromatic heterocycles. The summed E-state index contributed by atoms with van der Waals surface area (Å²) in [5.41, 5.74) is -2.03. The number of nitrogens with one attached hydrogen (secondary N) is 2. The molecule has 0 aliphatic rings. The molecule has 0 radical (unpaired) electrons. The summed E-state index contributed by atoms with van der Waals surface area (Å²) in [6, 6.07) is 5.52. The number of carbonyl (C=O) groups excluding carboxylic acids is 1. The molecule has 2 N–H and O–H groups in total. The molecule has 0 bridgehead atoms. The number of urea groups is 1. The third kappa shape index (κ3) is 3.72. The van der Waals surface area contributed by atoms with Crippen LogP contribution >= 0.6 is 0 Å². The highest BCUT2D eigenvalue weighted by atomic mass is 19.4. The first kappa shape index (κ1) is 15.7. The van der Waals surface area contributed by atoms with E-state index in [0.717, 1.165) is 30.3 Å². The Balaban J connectivity index is 2.18. The summed E-state index contributed by atoms with van der Waals surface area (Å²) in [6.07, 6.45) is -4.66. The SMILES string of the molecule is O=C(Nc1cc(F)ccc1F)Nc1ccccc1C(F)(F)F. The third-order valence-electron chi connectivity index (χ3n) is 2.66. The summed E-state index contributed by atoms with van der Waals surface area (Å²) in [4.78, 5) is 11.6. The topological polar surface area (TPSA) is 41.1 Å². The number of rotatable bonds is 2. The number of anilines is 2. The summed E-state index contributed by atoms with van der Waals surface area (Å²) in [5, 5.41) is 3.90. The molecule has 0 fully saturated rings. The minimum atomic E-state index is -4.66. The number of carbonyl (C=O) groups is 1. The quantitative estimate of drug-likeness (QED) is 0.779. The van der Waals surface area contributed by atoms with E-state index in [2.05, 4.69) is 0 Å². The summed E-state index contributed by atoms with van der Waals surface area (Å²) in [6.45, 7) is 0. The molecule has 2 rings (SSSR count). The third-order valence-corrected chi connectivity index (χ3v) is 2.66. The van der Waals surface area contributed by atoms with Crippen LogP contribution in [0.4, 0.5) is 38.1 Å². The molecule has 0 aliphatic heterocycles. The fraction of sp³-hybridized carbons (Fsp3) is 0.0714. The predicted molar refractivity (Wildman–Crippen MR) is 70.4 cm³/mol. The Bertz CT molecular complexity index is 700. The van der Waals surface area contributed by atoms with E-state index in [9.17, 15) is 26.7 Å². The Hall–Kier alpha value is -2.64. The smallest absolute Gasteiger partial charge is 0.307 e. The number of halogens is 5. The molecule has 3 nitrogen and oxygen atoms in total. The minimum absolute atomic E-state index is 0.484. The molecule has 116 valence electrons. The molecule has 2 aromatic rings. The van der Waals surface area contributed by atoms with Crippen molar-refractivity contribution in [1.82, 2.24) is 0 Å². The normalized spacial score (nSPS) is 11.1. The van der Waals surface area contributed by atoms with Crippen molar-refractivity contribution in [1.29, 1.82) is 0 Å². The Morgan fingerprint density at radius 2 is 1.55 bits per heavy atom. The van der Waals surface area contributed by atoms with Crippen molar-refractivity contribution in [3.05, 3.63) is 59.7 Å². The maximum absolute atomic E-state index is 13.3. The minimum Gasteiger partial charge on any atom is -0.307 e. The van der Waals surface area contributed by atoms with Crippen LogP contribution < -0.4 is 10.6 Å². The standard InChI is InChI=1S/C14H9F5N2O/c15-8-5-6-10(16)12(7-8)21-13(22)20-11-4-2-1-3-9(11)14(17,18)19/h1-7H,(H2,20,21,22). The van der Waals surface area contributed by atoms with E-state index in [-0.39, 0.29) is 0 Å². The van der Waals surface area contributed by atoms with Crippen molar-refractivity contribution in [2.75, 3.05) is 10.6 Å². The Labute approximate surface area is 121 Å². The Morgan fingerprint density at radius 3 is 2.23 bits per heavy atom. The van der Waals surface area contributed by atoms with Gasteiger partial charge in [-0.1, -0.05) is 12.1 Å². The van der Waals surface area contributed by atoms with E-state index in [1.54, 1.807) is 0 Å². The van der Waals surface area contributed by atoms with E-state index in [0.29, 0.717) is 6.07 Å². The zero-order chi connectivity index (χ0) is 16.3. The van der Waals surface area contributed by atoms with Gasteiger partial charge in [0.25, 0.3) is 0 Å². The number of hydrogen-bond donors (Lipinski definition) is 2. The molecule has 0 heterocycles. The second-order valence-electron chi connectivity index (χ2n) is 4.25. The summed E-state index contributed by atoms with van der Waals surface area (Å²) >= 11 is 0. The average molecular weight is 316 g/mol. The van der Waals surface area contributed by atoms with Gasteiger partial charge in [-0.2, -0.15) is 13.2 Å². The molecule has 0 saturated carbocycles. The van der Waals surface area contributed by atoms with Crippen molar-refractivity contribution in [3.63, 3.8) is 0 Å². The highest BCUT2D eigenvalue weighted by molar-refractivity contribution is 6.00. The van der Waals surface area contributed by atoms with Crippen molar-refractivity contribution in [2.45, 2.75) is 6.18 Å². The van der Waals surface area contributed by atoms with Crippen molar-refractivity contribution >= 4 is 17.4 Å². The second kappa shape index (κ2) is 6.00. The molecule has 0 spiro atoms. The number of alkyl halides is 3. The maximum Gasteiger partial charge on any atom is 0.418 e. The monoisotopic (exact) mass is 316 g/mol. The van der Waals surface area contributed by atoms with Crippen LogP contribution in [0.5, 0.6) is 0 Å². The van der Waals surface area contributed by atoms with Crippen LogP contribution in [0.15, 0.2) is 42.5 Å². The highest BCUT2D eigenvalue weighted by Gasteiger charge is 2.33. The second-order valence-corrected chi connectivity index (χ2v) is 4.25. The van der Waals surface area contributed by atoms with Gasteiger partial charge >= 0.3 is 12.2 Å². The van der Waals surface area contributed by atoms with Crippen LogP contribution in [-0.4, -0.2) is 6.03 Å². The lowest BCUT2D eigenvalue weighted by Gasteiger charge is -2.14. The summed E-state index contributed by atoms with van der Waals surface area (Å²) < 4.78 is 64.6.